The number of hydrogen-bond acceptors (Lipinski definition) is 5. The number of nitro groups is 1. The molecule has 10 nitrogen and oxygen atoms in total. The molecule has 0 aliphatic carbocycles. The fourth-order valence-electron chi connectivity index (χ4n) is 0.978. The van der Waals surface area contributed by atoms with E-state index in [0.717, 1.165) is 0 Å². The van der Waals surface area contributed by atoms with Crippen LogP contribution in [-0.4, -0.2) is 40.9 Å². The first-order valence-corrected chi connectivity index (χ1v) is 5.79. The molecule has 0 saturated heterocycles. The Kier molecular flexibility index (Phi) is 9.70. The Morgan fingerprint density at radius 1 is 1.56 bits per heavy atom. The van der Waals surface area contributed by atoms with Crippen molar-refractivity contribution in [2.75, 3.05) is 6.61 Å². The number of aliphatic hydroxyl groups excluding tert-OH is 1. The summed E-state index contributed by atoms with van der Waals surface area (Å²) in [7, 11) is -4.64. The van der Waals surface area contributed by atoms with Crippen molar-refractivity contribution in [1.29, 1.82) is 0 Å². The molecule has 0 aliphatic rings. The number of aryl methyl sites for hydroxylation is 1. The van der Waals surface area contributed by atoms with Crippen molar-refractivity contribution in [3.8, 4) is 0 Å². The second kappa shape index (κ2) is 8.73. The molecule has 1 aromatic rings. The monoisotopic (exact) mass is 293 g/mol. The maximum atomic E-state index is 10.4. The minimum absolute atomic E-state index is 0. The molecule has 100 valence electrons. The van der Waals surface area contributed by atoms with Crippen LogP contribution >= 0.6 is 7.82 Å². The average molecular weight is 293 g/mol. The molecule has 1 aromatic heterocycles. The third-order valence-electron chi connectivity index (χ3n) is 1.54. The molecular formula is C6H13N3NaO7P. The summed E-state index contributed by atoms with van der Waals surface area (Å²) in [6.45, 7) is 1.74. The van der Waals surface area contributed by atoms with E-state index in [1.807, 2.05) is 0 Å². The fourth-order valence-corrected chi connectivity index (χ4v) is 0.978. The van der Waals surface area contributed by atoms with E-state index >= 15 is 0 Å². The third-order valence-corrected chi connectivity index (χ3v) is 1.54. The standard InChI is InChI=1S/C6H9N3O3.Na.H3O4P.H/c1-5-7-4-6(9(11)12)8(5)2-3-10;;1-5(2,3)4;/h4,10H,2-3H2,1H3;;(H3,1,2,3,4);/q;+1;;-1. The predicted octanol–water partition coefficient (Wildman–Crippen LogP) is -3.72. The van der Waals surface area contributed by atoms with Crippen molar-refractivity contribution in [2.45, 2.75) is 13.5 Å². The molecule has 0 amide bonds. The quantitative estimate of drug-likeness (QED) is 0.191. The van der Waals surface area contributed by atoms with Gasteiger partial charge in [-0.1, -0.05) is 0 Å². The van der Waals surface area contributed by atoms with E-state index < -0.39 is 12.7 Å². The van der Waals surface area contributed by atoms with Gasteiger partial charge in [-0.3, -0.25) is 0 Å². The number of aromatic nitrogens is 2. The minimum Gasteiger partial charge on any atom is -1.00 e. The van der Waals surface area contributed by atoms with E-state index in [2.05, 4.69) is 4.98 Å². The summed E-state index contributed by atoms with van der Waals surface area (Å²) in [5.74, 6) is 0.456. The summed E-state index contributed by atoms with van der Waals surface area (Å²) in [6.07, 6.45) is 1.19. The van der Waals surface area contributed by atoms with Crippen molar-refractivity contribution in [2.24, 2.45) is 0 Å². The summed E-state index contributed by atoms with van der Waals surface area (Å²) in [5, 5.41) is 19.0. The Hall–Kier alpha value is -0.320. The molecule has 0 radical (unpaired) electrons. The van der Waals surface area contributed by atoms with Crippen LogP contribution < -0.4 is 29.6 Å². The molecule has 0 atom stereocenters. The molecule has 0 unspecified atom stereocenters. The number of nitrogens with zero attached hydrogens (tertiary/aromatic N) is 3. The van der Waals surface area contributed by atoms with Gasteiger partial charge in [0.05, 0.1) is 6.61 Å². The van der Waals surface area contributed by atoms with Crippen LogP contribution in [0.3, 0.4) is 0 Å². The summed E-state index contributed by atoms with van der Waals surface area (Å²) in [5.41, 5.74) is 0. The zero-order valence-corrected chi connectivity index (χ0v) is 12.7. The molecular weight excluding hydrogens is 280 g/mol. The van der Waals surface area contributed by atoms with E-state index in [1.165, 1.54) is 10.8 Å². The van der Waals surface area contributed by atoms with Gasteiger partial charge in [0.25, 0.3) is 0 Å². The van der Waals surface area contributed by atoms with Crippen LogP contribution in [0.2, 0.25) is 0 Å². The minimum atomic E-state index is -4.64. The van der Waals surface area contributed by atoms with Gasteiger partial charge in [0.15, 0.2) is 5.82 Å². The van der Waals surface area contributed by atoms with Gasteiger partial charge in [-0.2, -0.15) is 0 Å². The Morgan fingerprint density at radius 2 is 2.00 bits per heavy atom. The van der Waals surface area contributed by atoms with E-state index in [9.17, 15) is 10.1 Å². The topological polar surface area (TPSA) is 159 Å². The van der Waals surface area contributed by atoms with E-state index in [-0.39, 0.29) is 50.0 Å². The molecule has 0 bridgehead atoms. The van der Waals surface area contributed by atoms with Crippen LogP contribution in [0.1, 0.15) is 7.25 Å². The molecule has 1 rings (SSSR count). The molecule has 0 saturated carbocycles. The third kappa shape index (κ3) is 8.72. The normalized spacial score (nSPS) is 10.1. The number of phosphoric acid groups is 1. The van der Waals surface area contributed by atoms with Crippen LogP contribution in [0, 0.1) is 17.0 Å². The smallest absolute Gasteiger partial charge is 1.00 e. The SMILES string of the molecule is Cc1ncc([N+](=O)[O-])n1CCO.O=P(O)(O)O.[H-].[Na+]. The van der Waals surface area contributed by atoms with E-state index in [0.29, 0.717) is 5.82 Å². The van der Waals surface area contributed by atoms with Crippen LogP contribution in [0.25, 0.3) is 0 Å². The van der Waals surface area contributed by atoms with Gasteiger partial charge in [-0.25, -0.2) is 14.1 Å². The fraction of sp³-hybridized carbons (Fsp3) is 0.500. The molecule has 1 heterocycles. The zero-order chi connectivity index (χ0) is 13.6. The molecule has 0 spiro atoms. The van der Waals surface area contributed by atoms with Crippen molar-refractivity contribution in [1.82, 2.24) is 9.55 Å². The summed E-state index contributed by atoms with van der Waals surface area (Å²) >= 11 is 0. The van der Waals surface area contributed by atoms with Gasteiger partial charge in [-0.15, -0.1) is 0 Å². The van der Waals surface area contributed by atoms with Crippen LogP contribution in [-0.2, 0) is 11.1 Å². The molecule has 4 N–H and O–H groups in total. The molecule has 0 aromatic carbocycles. The van der Waals surface area contributed by atoms with Crippen molar-refractivity contribution in [3.05, 3.63) is 22.1 Å². The van der Waals surface area contributed by atoms with Gasteiger partial charge >= 0.3 is 43.2 Å². The van der Waals surface area contributed by atoms with Crippen LogP contribution in [0.5, 0.6) is 0 Å². The summed E-state index contributed by atoms with van der Waals surface area (Å²) < 4.78 is 10.2. The largest absolute Gasteiger partial charge is 1.00 e. The maximum Gasteiger partial charge on any atom is 1.00 e. The summed E-state index contributed by atoms with van der Waals surface area (Å²) in [6, 6.07) is 0. The first kappa shape index (κ1) is 20.0. The number of rotatable bonds is 3. The van der Waals surface area contributed by atoms with Gasteiger partial charge in [0, 0.05) is 6.92 Å². The maximum absolute atomic E-state index is 10.4. The average Bonchev–Trinajstić information content (AvgIpc) is 2.46. The number of imidazole rings is 1. The zero-order valence-electron chi connectivity index (χ0n) is 10.8. The van der Waals surface area contributed by atoms with Crippen molar-refractivity contribution >= 4 is 13.6 Å². The number of hydrogen-bond donors (Lipinski definition) is 4. The van der Waals surface area contributed by atoms with Gasteiger partial charge in [0.2, 0.25) is 0 Å². The van der Waals surface area contributed by atoms with E-state index in [1.54, 1.807) is 6.92 Å². The number of aliphatic hydroxyl groups is 1. The van der Waals surface area contributed by atoms with Crippen LogP contribution in [0.15, 0.2) is 6.20 Å². The Balaban J connectivity index is -0.000000320. The Morgan fingerprint density at radius 3 is 2.33 bits per heavy atom. The Labute approximate surface area is 125 Å². The van der Waals surface area contributed by atoms with E-state index in [4.69, 9.17) is 24.4 Å². The molecule has 18 heavy (non-hydrogen) atoms. The second-order valence-corrected chi connectivity index (χ2v) is 3.84. The van der Waals surface area contributed by atoms with Gasteiger partial charge in [0.1, 0.15) is 12.7 Å². The van der Waals surface area contributed by atoms with Gasteiger partial charge < -0.3 is 31.3 Å². The van der Waals surface area contributed by atoms with Crippen LogP contribution in [0.4, 0.5) is 5.82 Å². The predicted molar refractivity (Wildman–Crippen MR) is 56.1 cm³/mol. The molecule has 0 aliphatic heterocycles. The summed E-state index contributed by atoms with van der Waals surface area (Å²) in [4.78, 5) is 35.2. The van der Waals surface area contributed by atoms with Crippen molar-refractivity contribution in [3.63, 3.8) is 0 Å². The first-order valence-electron chi connectivity index (χ1n) is 4.22. The molecule has 0 fully saturated rings. The second-order valence-electron chi connectivity index (χ2n) is 2.81. The Bertz CT molecular complexity index is 428. The molecule has 12 heteroatoms. The van der Waals surface area contributed by atoms with Crippen molar-refractivity contribution < 1.29 is 60.3 Å². The first-order chi connectivity index (χ1) is 7.66. The van der Waals surface area contributed by atoms with Gasteiger partial charge in [-0.05, 0) is 4.92 Å².